The molecule has 0 aliphatic carbocycles. The van der Waals surface area contributed by atoms with Crippen molar-refractivity contribution in [1.82, 2.24) is 5.32 Å². The number of hydrogen-bond donors (Lipinski definition) is 1. The highest BCUT2D eigenvalue weighted by Gasteiger charge is 2.01. The van der Waals surface area contributed by atoms with E-state index in [-0.39, 0.29) is 5.91 Å². The van der Waals surface area contributed by atoms with Gasteiger partial charge in [-0.1, -0.05) is 134 Å². The van der Waals surface area contributed by atoms with Crippen molar-refractivity contribution in [2.75, 3.05) is 6.54 Å². The number of benzene rings is 1. The van der Waals surface area contributed by atoms with Crippen molar-refractivity contribution >= 4 is 5.91 Å². The maximum atomic E-state index is 11.9. The van der Waals surface area contributed by atoms with Crippen LogP contribution in [0.25, 0.3) is 0 Å². The van der Waals surface area contributed by atoms with Gasteiger partial charge in [-0.05, 0) is 12.0 Å². The number of amides is 1. The quantitative estimate of drug-likeness (QED) is 0.243. The number of rotatable bonds is 19. The minimum Gasteiger partial charge on any atom is -0.356 e. The van der Waals surface area contributed by atoms with Crippen molar-refractivity contribution in [2.45, 2.75) is 116 Å². The largest absolute Gasteiger partial charge is 0.356 e. The molecule has 160 valence electrons. The standard InChI is InChI=1S/C26H45NO/c1-2-3-4-5-6-7-8-9-10-11-12-13-14-15-16-20-23-27-26(28)24-25-21-18-17-19-22-25/h17-19,21-22H,2-16,20,23-24H2,1H3,(H,27,28). The molecule has 1 aromatic rings. The lowest BCUT2D eigenvalue weighted by molar-refractivity contribution is -0.120. The molecule has 0 heterocycles. The third-order valence-corrected chi connectivity index (χ3v) is 5.56. The molecule has 0 atom stereocenters. The Morgan fingerprint density at radius 2 is 1.07 bits per heavy atom. The molecular formula is C26H45NO. The predicted molar refractivity (Wildman–Crippen MR) is 123 cm³/mol. The third kappa shape index (κ3) is 15.7. The van der Waals surface area contributed by atoms with Gasteiger partial charge in [-0.15, -0.1) is 0 Å². The molecule has 0 spiro atoms. The molecule has 2 nitrogen and oxygen atoms in total. The summed E-state index contributed by atoms with van der Waals surface area (Å²) in [5.74, 6) is 0.146. The van der Waals surface area contributed by atoms with Gasteiger partial charge in [0.15, 0.2) is 0 Å². The van der Waals surface area contributed by atoms with Gasteiger partial charge in [-0.25, -0.2) is 0 Å². The summed E-state index contributed by atoms with van der Waals surface area (Å²) in [5.41, 5.74) is 1.09. The molecule has 1 aromatic carbocycles. The number of carbonyl (C=O) groups excluding carboxylic acids is 1. The molecule has 1 N–H and O–H groups in total. The molecule has 0 aliphatic heterocycles. The molecule has 2 heteroatoms. The summed E-state index contributed by atoms with van der Waals surface area (Å²) in [5, 5.41) is 3.04. The van der Waals surface area contributed by atoms with Crippen molar-refractivity contribution in [2.24, 2.45) is 0 Å². The highest BCUT2D eigenvalue weighted by molar-refractivity contribution is 5.78. The molecule has 28 heavy (non-hydrogen) atoms. The smallest absolute Gasteiger partial charge is 0.224 e. The summed E-state index contributed by atoms with van der Waals surface area (Å²) < 4.78 is 0. The van der Waals surface area contributed by atoms with E-state index in [1.165, 1.54) is 96.3 Å². The van der Waals surface area contributed by atoms with Gasteiger partial charge in [0.25, 0.3) is 0 Å². The van der Waals surface area contributed by atoms with Crippen LogP contribution in [0.2, 0.25) is 0 Å². The maximum absolute atomic E-state index is 11.9. The van der Waals surface area contributed by atoms with E-state index in [1.54, 1.807) is 0 Å². The second kappa shape index (κ2) is 19.0. The van der Waals surface area contributed by atoms with E-state index in [9.17, 15) is 4.79 Å². The Morgan fingerprint density at radius 1 is 0.643 bits per heavy atom. The normalized spacial score (nSPS) is 10.9. The van der Waals surface area contributed by atoms with Crippen LogP contribution in [0.15, 0.2) is 30.3 Å². The Morgan fingerprint density at radius 3 is 1.54 bits per heavy atom. The zero-order chi connectivity index (χ0) is 20.1. The third-order valence-electron chi connectivity index (χ3n) is 5.56. The molecule has 0 fully saturated rings. The molecule has 0 unspecified atom stereocenters. The Balaban J connectivity index is 1.74. The Kier molecular flexibility index (Phi) is 16.8. The monoisotopic (exact) mass is 387 g/mol. The van der Waals surface area contributed by atoms with Crippen molar-refractivity contribution < 1.29 is 4.79 Å². The van der Waals surface area contributed by atoms with E-state index in [2.05, 4.69) is 12.2 Å². The molecule has 0 bridgehead atoms. The summed E-state index contributed by atoms with van der Waals surface area (Å²) in [6, 6.07) is 9.97. The van der Waals surface area contributed by atoms with Crippen LogP contribution in [0, 0.1) is 0 Å². The van der Waals surface area contributed by atoms with Gasteiger partial charge in [0.05, 0.1) is 6.42 Å². The van der Waals surface area contributed by atoms with E-state index in [0.29, 0.717) is 6.42 Å². The molecule has 0 aromatic heterocycles. The van der Waals surface area contributed by atoms with Crippen LogP contribution in [-0.4, -0.2) is 12.5 Å². The second-order valence-corrected chi connectivity index (χ2v) is 8.32. The van der Waals surface area contributed by atoms with Crippen LogP contribution < -0.4 is 5.32 Å². The van der Waals surface area contributed by atoms with Gasteiger partial charge in [-0.3, -0.25) is 4.79 Å². The fraction of sp³-hybridized carbons (Fsp3) is 0.731. The maximum Gasteiger partial charge on any atom is 0.224 e. The van der Waals surface area contributed by atoms with Gasteiger partial charge in [0, 0.05) is 6.54 Å². The molecule has 1 amide bonds. The molecule has 0 aliphatic rings. The predicted octanol–water partition coefficient (Wildman–Crippen LogP) is 7.61. The second-order valence-electron chi connectivity index (χ2n) is 8.32. The minimum atomic E-state index is 0.146. The average Bonchev–Trinajstić information content (AvgIpc) is 2.71. The number of hydrogen-bond acceptors (Lipinski definition) is 1. The first-order valence-corrected chi connectivity index (χ1v) is 12.1. The fourth-order valence-corrected chi connectivity index (χ4v) is 3.74. The van der Waals surface area contributed by atoms with E-state index >= 15 is 0 Å². The Hall–Kier alpha value is -1.31. The lowest BCUT2D eigenvalue weighted by Gasteiger charge is -2.06. The molecule has 0 radical (unpaired) electrons. The Bertz CT molecular complexity index is 457. The van der Waals surface area contributed by atoms with Gasteiger partial charge >= 0.3 is 0 Å². The lowest BCUT2D eigenvalue weighted by Crippen LogP contribution is -2.26. The average molecular weight is 388 g/mol. The van der Waals surface area contributed by atoms with Crippen molar-refractivity contribution in [1.29, 1.82) is 0 Å². The van der Waals surface area contributed by atoms with Crippen LogP contribution in [0.1, 0.15) is 115 Å². The molecule has 0 saturated carbocycles. The van der Waals surface area contributed by atoms with Gasteiger partial charge < -0.3 is 5.32 Å². The molecular weight excluding hydrogens is 342 g/mol. The van der Waals surface area contributed by atoms with E-state index < -0.39 is 0 Å². The number of carbonyl (C=O) groups is 1. The Labute approximate surface area is 174 Å². The SMILES string of the molecule is CCCCCCCCCCCCCCCCCCNC(=O)Cc1ccccc1. The topological polar surface area (TPSA) is 29.1 Å². The van der Waals surface area contributed by atoms with Crippen molar-refractivity contribution in [3.05, 3.63) is 35.9 Å². The highest BCUT2D eigenvalue weighted by Crippen LogP contribution is 2.13. The van der Waals surface area contributed by atoms with Crippen LogP contribution in [0.3, 0.4) is 0 Å². The van der Waals surface area contributed by atoms with Crippen LogP contribution in [0.5, 0.6) is 0 Å². The lowest BCUT2D eigenvalue weighted by atomic mass is 10.0. The van der Waals surface area contributed by atoms with Crippen LogP contribution in [-0.2, 0) is 11.2 Å². The summed E-state index contributed by atoms with van der Waals surface area (Å²) in [6.45, 7) is 3.11. The van der Waals surface area contributed by atoms with Crippen molar-refractivity contribution in [3.63, 3.8) is 0 Å². The highest BCUT2D eigenvalue weighted by atomic mass is 16.1. The first-order chi connectivity index (χ1) is 13.8. The molecule has 1 rings (SSSR count). The number of unbranched alkanes of at least 4 members (excludes halogenated alkanes) is 15. The van der Waals surface area contributed by atoms with Crippen LogP contribution in [0.4, 0.5) is 0 Å². The zero-order valence-corrected chi connectivity index (χ0v) is 18.5. The van der Waals surface area contributed by atoms with E-state index in [0.717, 1.165) is 18.5 Å². The summed E-state index contributed by atoms with van der Waals surface area (Å²) in [6.07, 6.45) is 22.6. The summed E-state index contributed by atoms with van der Waals surface area (Å²) in [7, 11) is 0. The van der Waals surface area contributed by atoms with E-state index in [4.69, 9.17) is 0 Å². The van der Waals surface area contributed by atoms with Crippen LogP contribution >= 0.6 is 0 Å². The fourth-order valence-electron chi connectivity index (χ4n) is 3.74. The van der Waals surface area contributed by atoms with Gasteiger partial charge in [-0.2, -0.15) is 0 Å². The summed E-state index contributed by atoms with van der Waals surface area (Å²) >= 11 is 0. The van der Waals surface area contributed by atoms with Gasteiger partial charge in [0.2, 0.25) is 5.91 Å². The minimum absolute atomic E-state index is 0.146. The summed E-state index contributed by atoms with van der Waals surface area (Å²) in [4.78, 5) is 11.9. The van der Waals surface area contributed by atoms with E-state index in [1.807, 2.05) is 30.3 Å². The zero-order valence-electron chi connectivity index (χ0n) is 18.5. The number of nitrogens with one attached hydrogen (secondary N) is 1. The van der Waals surface area contributed by atoms with Crippen molar-refractivity contribution in [3.8, 4) is 0 Å². The molecule has 0 saturated heterocycles. The first kappa shape index (κ1) is 24.7. The first-order valence-electron chi connectivity index (χ1n) is 12.1. The van der Waals surface area contributed by atoms with Gasteiger partial charge in [0.1, 0.15) is 0 Å².